The molecule has 0 aliphatic heterocycles. The van der Waals surface area contributed by atoms with Crippen molar-refractivity contribution in [2.45, 2.75) is 38.1 Å². The molecular formula is C24H33N5O6. The smallest absolute Gasteiger partial charge is 0.320 e. The highest BCUT2D eigenvalue weighted by Gasteiger charge is 2.12. The highest BCUT2D eigenvalue weighted by molar-refractivity contribution is 5.95. The van der Waals surface area contributed by atoms with E-state index in [0.29, 0.717) is 24.3 Å². The first-order chi connectivity index (χ1) is 16.6. The van der Waals surface area contributed by atoms with Crippen LogP contribution in [-0.4, -0.2) is 53.1 Å². The summed E-state index contributed by atoms with van der Waals surface area (Å²) in [6.07, 6.45) is 2.68. The molecule has 0 fully saturated rings. The minimum Gasteiger partial charge on any atom is -0.494 e. The average Bonchev–Trinajstić information content (AvgIpc) is 2.82. The summed E-state index contributed by atoms with van der Waals surface area (Å²) in [7, 11) is 0. The molecule has 2 aromatic rings. The van der Waals surface area contributed by atoms with Crippen LogP contribution in [-0.2, 0) is 9.59 Å². The highest BCUT2D eigenvalue weighted by Crippen LogP contribution is 2.14. The van der Waals surface area contributed by atoms with Crippen molar-refractivity contribution < 1.29 is 29.3 Å². The van der Waals surface area contributed by atoms with Crippen LogP contribution >= 0.6 is 0 Å². The van der Waals surface area contributed by atoms with Gasteiger partial charge in [-0.05, 0) is 74.2 Å². The summed E-state index contributed by atoms with van der Waals surface area (Å²) >= 11 is 0. The van der Waals surface area contributed by atoms with Crippen LogP contribution in [0.15, 0.2) is 48.5 Å². The number of unbranched alkanes of at least 4 members (excludes halogenated alkanes) is 2. The fraction of sp³-hybridized carbons (Fsp3) is 0.333. The molecule has 0 heterocycles. The first kappa shape index (κ1) is 28.9. The van der Waals surface area contributed by atoms with E-state index in [9.17, 15) is 9.59 Å². The second-order valence-electron chi connectivity index (χ2n) is 7.51. The molecule has 2 aromatic carbocycles. The van der Waals surface area contributed by atoms with Crippen molar-refractivity contribution >= 4 is 23.6 Å². The molecule has 0 bridgehead atoms. The van der Waals surface area contributed by atoms with E-state index in [1.807, 2.05) is 24.3 Å². The van der Waals surface area contributed by atoms with E-state index in [4.69, 9.17) is 47.7 Å². The first-order valence-corrected chi connectivity index (χ1v) is 10.9. The molecule has 0 amide bonds. The van der Waals surface area contributed by atoms with E-state index in [1.165, 1.54) is 0 Å². The maximum absolute atomic E-state index is 9.99. The van der Waals surface area contributed by atoms with Crippen molar-refractivity contribution in [1.29, 1.82) is 10.8 Å². The predicted molar refractivity (Wildman–Crippen MR) is 132 cm³/mol. The van der Waals surface area contributed by atoms with E-state index in [-0.39, 0.29) is 24.5 Å². The zero-order chi connectivity index (χ0) is 26.2. The van der Waals surface area contributed by atoms with Crippen LogP contribution in [0.4, 0.5) is 0 Å². The Morgan fingerprint density at radius 3 is 1.49 bits per heavy atom. The molecule has 0 aromatic heterocycles. The van der Waals surface area contributed by atoms with Gasteiger partial charge in [0.1, 0.15) is 29.2 Å². The normalized spacial score (nSPS) is 10.9. The summed E-state index contributed by atoms with van der Waals surface area (Å²) in [5.74, 6) is -0.512. The quantitative estimate of drug-likeness (QED) is 0.118. The van der Waals surface area contributed by atoms with E-state index in [0.717, 1.165) is 30.8 Å². The molecule has 10 N–H and O–H groups in total. The topological polar surface area (TPSA) is 219 Å². The fourth-order valence-electron chi connectivity index (χ4n) is 2.62. The van der Waals surface area contributed by atoms with E-state index >= 15 is 0 Å². The molecule has 11 heteroatoms. The molecule has 0 spiro atoms. The van der Waals surface area contributed by atoms with Crippen molar-refractivity contribution in [1.82, 2.24) is 0 Å². The van der Waals surface area contributed by atoms with Gasteiger partial charge in [-0.3, -0.25) is 20.4 Å². The summed E-state index contributed by atoms with van der Waals surface area (Å²) in [6.45, 7) is 1.29. The Labute approximate surface area is 203 Å². The van der Waals surface area contributed by atoms with Gasteiger partial charge in [0.25, 0.3) is 0 Å². The van der Waals surface area contributed by atoms with Gasteiger partial charge >= 0.3 is 11.9 Å². The number of carboxylic acid groups (broad SMARTS) is 2. The van der Waals surface area contributed by atoms with Gasteiger partial charge in [-0.25, -0.2) is 0 Å². The standard InChI is InChI=1S/C19H24N4O2.C5H9NO4/c20-18(21)14-4-8-16(9-5-14)24-12-2-1-3-13-25-17-10-6-15(7-11-17)19(22)23;6-3(5(9)10)1-2-4(7)8/h4-11H,1-3,12-13H2,(H3,20,21)(H3,22,23);3H,1-2,6H2,(H,7,8)(H,9,10). The number of hydrogen-bond acceptors (Lipinski definition) is 7. The second kappa shape index (κ2) is 15.7. The molecule has 1 atom stereocenters. The Bertz CT molecular complexity index is 902. The molecule has 190 valence electrons. The van der Waals surface area contributed by atoms with Gasteiger partial charge in [0.05, 0.1) is 13.2 Å². The molecule has 0 aliphatic rings. The van der Waals surface area contributed by atoms with E-state index in [1.54, 1.807) is 24.3 Å². The minimum atomic E-state index is -1.17. The number of amidine groups is 2. The van der Waals surface area contributed by atoms with E-state index < -0.39 is 18.0 Å². The summed E-state index contributed by atoms with van der Waals surface area (Å²) in [5, 5.41) is 31.0. The maximum Gasteiger partial charge on any atom is 0.320 e. The zero-order valence-electron chi connectivity index (χ0n) is 19.4. The summed E-state index contributed by atoms with van der Waals surface area (Å²) < 4.78 is 11.3. The van der Waals surface area contributed by atoms with Crippen molar-refractivity contribution in [2.24, 2.45) is 17.2 Å². The Morgan fingerprint density at radius 1 is 0.771 bits per heavy atom. The van der Waals surface area contributed by atoms with Crippen LogP contribution in [0.2, 0.25) is 0 Å². The van der Waals surface area contributed by atoms with Gasteiger partial charge in [0.15, 0.2) is 0 Å². The Hall–Kier alpha value is -4.12. The lowest BCUT2D eigenvalue weighted by Crippen LogP contribution is -2.30. The third-order valence-corrected chi connectivity index (χ3v) is 4.64. The number of aliphatic carboxylic acids is 2. The Morgan fingerprint density at radius 2 is 1.17 bits per heavy atom. The molecule has 0 saturated heterocycles. The lowest BCUT2D eigenvalue weighted by Gasteiger charge is -2.08. The molecule has 35 heavy (non-hydrogen) atoms. The second-order valence-corrected chi connectivity index (χ2v) is 7.51. The van der Waals surface area contributed by atoms with Gasteiger partial charge in [-0.1, -0.05) is 0 Å². The average molecular weight is 488 g/mol. The minimum absolute atomic E-state index is 0.0231. The van der Waals surface area contributed by atoms with Crippen LogP contribution in [0.5, 0.6) is 11.5 Å². The number of nitrogens with two attached hydrogens (primary N) is 3. The van der Waals surface area contributed by atoms with Crippen molar-refractivity contribution in [2.75, 3.05) is 13.2 Å². The Kier molecular flexibility index (Phi) is 12.9. The number of rotatable bonds is 14. The van der Waals surface area contributed by atoms with Gasteiger partial charge in [0.2, 0.25) is 0 Å². The summed E-state index contributed by atoms with van der Waals surface area (Å²) in [4.78, 5) is 19.9. The summed E-state index contributed by atoms with van der Waals surface area (Å²) in [5.41, 5.74) is 17.2. The van der Waals surface area contributed by atoms with Gasteiger partial charge < -0.3 is 36.9 Å². The molecule has 0 aliphatic carbocycles. The van der Waals surface area contributed by atoms with Crippen LogP contribution in [0, 0.1) is 10.8 Å². The van der Waals surface area contributed by atoms with Gasteiger partial charge in [-0.2, -0.15) is 0 Å². The lowest BCUT2D eigenvalue weighted by molar-refractivity contribution is -0.139. The van der Waals surface area contributed by atoms with Crippen LogP contribution in [0.3, 0.4) is 0 Å². The van der Waals surface area contributed by atoms with Crippen molar-refractivity contribution in [3.05, 3.63) is 59.7 Å². The first-order valence-electron chi connectivity index (χ1n) is 10.9. The maximum atomic E-state index is 9.99. The molecule has 0 saturated carbocycles. The van der Waals surface area contributed by atoms with E-state index in [2.05, 4.69) is 0 Å². The predicted octanol–water partition coefficient (Wildman–Crippen LogP) is 2.15. The van der Waals surface area contributed by atoms with Gasteiger partial charge in [0, 0.05) is 17.5 Å². The summed E-state index contributed by atoms with van der Waals surface area (Å²) in [6, 6.07) is 13.4. The third kappa shape index (κ3) is 12.6. The molecular weight excluding hydrogens is 454 g/mol. The monoisotopic (exact) mass is 487 g/mol. The number of ether oxygens (including phenoxy) is 2. The van der Waals surface area contributed by atoms with Gasteiger partial charge in [-0.15, -0.1) is 0 Å². The number of hydrogen-bond donors (Lipinski definition) is 7. The van der Waals surface area contributed by atoms with Crippen LogP contribution in [0.25, 0.3) is 0 Å². The zero-order valence-corrected chi connectivity index (χ0v) is 19.4. The molecule has 11 nitrogen and oxygen atoms in total. The van der Waals surface area contributed by atoms with Crippen molar-refractivity contribution in [3.63, 3.8) is 0 Å². The van der Waals surface area contributed by atoms with Crippen LogP contribution in [0.1, 0.15) is 43.2 Å². The SMILES string of the molecule is N=C(N)c1ccc(OCCCCCOc2ccc(C(=N)N)cc2)cc1.NC(CCC(=O)O)C(=O)O. The molecule has 0 radical (unpaired) electrons. The molecule has 2 rings (SSSR count). The Balaban J connectivity index is 0.000000518. The molecule has 1 unspecified atom stereocenters. The number of carboxylic acids is 2. The third-order valence-electron chi connectivity index (χ3n) is 4.64. The lowest BCUT2D eigenvalue weighted by atomic mass is 10.2. The number of nitrogens with one attached hydrogen (secondary N) is 2. The van der Waals surface area contributed by atoms with Crippen LogP contribution < -0.4 is 26.7 Å². The highest BCUT2D eigenvalue weighted by atomic mass is 16.5. The number of carbonyl (C=O) groups is 2. The fourth-order valence-corrected chi connectivity index (χ4v) is 2.62. The largest absolute Gasteiger partial charge is 0.494 e. The van der Waals surface area contributed by atoms with Crippen molar-refractivity contribution in [3.8, 4) is 11.5 Å². The number of benzene rings is 2. The number of nitrogen functional groups attached to an aromatic ring is 2.